The predicted octanol–water partition coefficient (Wildman–Crippen LogP) is 1.57. The van der Waals surface area contributed by atoms with Gasteiger partial charge >= 0.3 is 12.1 Å². The zero-order chi connectivity index (χ0) is 11.8. The van der Waals surface area contributed by atoms with Crippen LogP contribution in [0.5, 0.6) is 0 Å². The highest BCUT2D eigenvalue weighted by atomic mass is 19.4. The van der Waals surface area contributed by atoms with Crippen LogP contribution in [0, 0.1) is 0 Å². The number of nitrogen functional groups attached to an aromatic ring is 2. The lowest BCUT2D eigenvalue weighted by atomic mass is 10.1. The molecule has 0 amide bonds. The molecule has 5 N–H and O–H groups in total. The monoisotopic (exact) mass is 220 g/mol. The molecule has 1 aromatic carbocycles. The van der Waals surface area contributed by atoms with Gasteiger partial charge in [-0.2, -0.15) is 13.2 Å². The van der Waals surface area contributed by atoms with Gasteiger partial charge in [0.1, 0.15) is 5.56 Å². The Morgan fingerprint density at radius 2 is 1.60 bits per heavy atom. The van der Waals surface area contributed by atoms with E-state index in [1.807, 2.05) is 0 Å². The van der Waals surface area contributed by atoms with Gasteiger partial charge < -0.3 is 16.6 Å². The number of benzene rings is 1. The number of carbonyl (C=O) groups is 1. The molecule has 82 valence electrons. The van der Waals surface area contributed by atoms with E-state index in [1.165, 1.54) is 0 Å². The fraction of sp³-hybridized carbons (Fsp3) is 0.125. The number of alkyl halides is 3. The number of hydrogen-bond acceptors (Lipinski definition) is 3. The number of aromatic carboxylic acids is 1. The molecular formula is C8H7F3N2O2. The molecular weight excluding hydrogens is 213 g/mol. The van der Waals surface area contributed by atoms with Crippen LogP contribution in [-0.2, 0) is 6.18 Å². The summed E-state index contributed by atoms with van der Waals surface area (Å²) in [5.74, 6) is -1.39. The number of hydrogen-bond donors (Lipinski definition) is 3. The number of carboxylic acid groups (broad SMARTS) is 1. The summed E-state index contributed by atoms with van der Waals surface area (Å²) in [6.07, 6.45) is -4.69. The molecule has 7 heteroatoms. The smallest absolute Gasteiger partial charge is 0.420 e. The molecule has 0 saturated heterocycles. The minimum Gasteiger partial charge on any atom is -0.478 e. The van der Waals surface area contributed by atoms with Gasteiger partial charge in [0.2, 0.25) is 0 Å². The molecule has 0 radical (unpaired) electrons. The van der Waals surface area contributed by atoms with E-state index in [4.69, 9.17) is 16.6 Å². The number of carboxylic acids is 1. The third kappa shape index (κ3) is 2.12. The molecule has 0 aliphatic carbocycles. The first kappa shape index (κ1) is 11.2. The molecule has 0 unspecified atom stereocenters. The minimum absolute atomic E-state index is 0.377. The average Bonchev–Trinajstić information content (AvgIpc) is 1.99. The van der Waals surface area contributed by atoms with E-state index in [-0.39, 0.29) is 5.56 Å². The van der Waals surface area contributed by atoms with Crippen molar-refractivity contribution in [3.05, 3.63) is 23.3 Å². The molecule has 0 saturated carbocycles. The fourth-order valence-corrected chi connectivity index (χ4v) is 1.14. The number of anilines is 2. The normalized spacial score (nSPS) is 11.4. The van der Waals surface area contributed by atoms with E-state index in [0.29, 0.717) is 0 Å². The van der Waals surface area contributed by atoms with Crippen LogP contribution in [0.4, 0.5) is 24.5 Å². The zero-order valence-electron chi connectivity index (χ0n) is 7.30. The van der Waals surface area contributed by atoms with Crippen LogP contribution in [0.15, 0.2) is 12.1 Å². The summed E-state index contributed by atoms with van der Waals surface area (Å²) < 4.78 is 37.0. The Bertz CT molecular complexity index is 392. The molecule has 0 aromatic heterocycles. The standard InChI is InChI=1S/C8H7F3N2O2/c9-8(10,11)6-4(12)1-3(7(14)15)2-5(6)13/h1-2H,12-13H2,(H,14,15). The Morgan fingerprint density at radius 3 is 1.87 bits per heavy atom. The topological polar surface area (TPSA) is 89.3 Å². The molecule has 1 aromatic rings. The first-order chi connectivity index (χ1) is 6.73. The molecule has 15 heavy (non-hydrogen) atoms. The second-order valence-corrected chi connectivity index (χ2v) is 2.83. The SMILES string of the molecule is Nc1cc(C(=O)O)cc(N)c1C(F)(F)F. The Labute approximate surface area is 82.3 Å². The first-order valence-corrected chi connectivity index (χ1v) is 3.73. The van der Waals surface area contributed by atoms with Crippen molar-refractivity contribution in [1.82, 2.24) is 0 Å². The lowest BCUT2D eigenvalue weighted by Gasteiger charge is -2.13. The molecule has 1 rings (SSSR count). The summed E-state index contributed by atoms with van der Waals surface area (Å²) >= 11 is 0. The van der Waals surface area contributed by atoms with Crippen molar-refractivity contribution < 1.29 is 23.1 Å². The summed E-state index contributed by atoms with van der Waals surface area (Å²) in [5.41, 5.74) is 7.20. The van der Waals surface area contributed by atoms with Crippen LogP contribution in [-0.4, -0.2) is 11.1 Å². The van der Waals surface area contributed by atoms with Crippen molar-refractivity contribution in [2.24, 2.45) is 0 Å². The Balaban J connectivity index is 3.41. The second kappa shape index (κ2) is 3.34. The largest absolute Gasteiger partial charge is 0.478 e. The molecule has 0 aliphatic rings. The van der Waals surface area contributed by atoms with Gasteiger partial charge in [-0.25, -0.2) is 4.79 Å². The Kier molecular flexibility index (Phi) is 2.48. The van der Waals surface area contributed by atoms with Gasteiger partial charge in [-0.1, -0.05) is 0 Å². The van der Waals surface area contributed by atoms with Crippen molar-refractivity contribution >= 4 is 17.3 Å². The van der Waals surface area contributed by atoms with Gasteiger partial charge in [0.15, 0.2) is 0 Å². The summed E-state index contributed by atoms with van der Waals surface area (Å²) in [7, 11) is 0. The number of halogens is 3. The highest BCUT2D eigenvalue weighted by Gasteiger charge is 2.35. The molecule has 4 nitrogen and oxygen atoms in total. The Hall–Kier alpha value is -1.92. The van der Waals surface area contributed by atoms with Crippen molar-refractivity contribution in [1.29, 1.82) is 0 Å². The van der Waals surface area contributed by atoms with E-state index < -0.39 is 29.1 Å². The van der Waals surface area contributed by atoms with Gasteiger partial charge in [0.25, 0.3) is 0 Å². The van der Waals surface area contributed by atoms with Crippen molar-refractivity contribution in [3.8, 4) is 0 Å². The lowest BCUT2D eigenvalue weighted by Crippen LogP contribution is -2.14. The minimum atomic E-state index is -4.69. The molecule has 0 atom stereocenters. The summed E-state index contributed by atoms with van der Waals surface area (Å²) in [4.78, 5) is 10.5. The van der Waals surface area contributed by atoms with Gasteiger partial charge in [0.05, 0.1) is 5.56 Å². The zero-order valence-corrected chi connectivity index (χ0v) is 7.30. The van der Waals surface area contributed by atoms with Gasteiger partial charge in [-0.15, -0.1) is 0 Å². The molecule has 0 fully saturated rings. The van der Waals surface area contributed by atoms with Gasteiger partial charge in [-0.05, 0) is 12.1 Å². The van der Waals surface area contributed by atoms with E-state index in [9.17, 15) is 18.0 Å². The second-order valence-electron chi connectivity index (χ2n) is 2.83. The van der Waals surface area contributed by atoms with E-state index in [1.54, 1.807) is 0 Å². The first-order valence-electron chi connectivity index (χ1n) is 3.73. The van der Waals surface area contributed by atoms with E-state index in [2.05, 4.69) is 0 Å². The van der Waals surface area contributed by atoms with Gasteiger partial charge in [0, 0.05) is 11.4 Å². The van der Waals surface area contributed by atoms with E-state index in [0.717, 1.165) is 12.1 Å². The molecule has 0 aliphatic heterocycles. The van der Waals surface area contributed by atoms with Crippen LogP contribution in [0.2, 0.25) is 0 Å². The summed E-state index contributed by atoms with van der Waals surface area (Å²) in [5, 5.41) is 8.54. The number of nitrogens with two attached hydrogens (primary N) is 2. The third-order valence-electron chi connectivity index (χ3n) is 1.73. The Morgan fingerprint density at radius 1 is 1.20 bits per heavy atom. The van der Waals surface area contributed by atoms with Crippen molar-refractivity contribution in [2.45, 2.75) is 6.18 Å². The third-order valence-corrected chi connectivity index (χ3v) is 1.73. The van der Waals surface area contributed by atoms with Gasteiger partial charge in [-0.3, -0.25) is 0 Å². The molecule has 0 heterocycles. The average molecular weight is 220 g/mol. The lowest BCUT2D eigenvalue weighted by molar-refractivity contribution is -0.136. The summed E-state index contributed by atoms with van der Waals surface area (Å²) in [6, 6.07) is 1.45. The van der Waals surface area contributed by atoms with Crippen LogP contribution in [0.1, 0.15) is 15.9 Å². The predicted molar refractivity (Wildman–Crippen MR) is 47.2 cm³/mol. The highest BCUT2D eigenvalue weighted by molar-refractivity contribution is 5.91. The van der Waals surface area contributed by atoms with Crippen LogP contribution < -0.4 is 11.5 Å². The quantitative estimate of drug-likeness (QED) is 0.626. The van der Waals surface area contributed by atoms with Crippen LogP contribution >= 0.6 is 0 Å². The fourth-order valence-electron chi connectivity index (χ4n) is 1.14. The summed E-state index contributed by atoms with van der Waals surface area (Å²) in [6.45, 7) is 0. The van der Waals surface area contributed by atoms with Crippen molar-refractivity contribution in [3.63, 3.8) is 0 Å². The molecule has 0 spiro atoms. The van der Waals surface area contributed by atoms with Crippen LogP contribution in [0.3, 0.4) is 0 Å². The van der Waals surface area contributed by atoms with Crippen molar-refractivity contribution in [2.75, 3.05) is 11.5 Å². The van der Waals surface area contributed by atoms with Crippen LogP contribution in [0.25, 0.3) is 0 Å². The highest BCUT2D eigenvalue weighted by Crippen LogP contribution is 2.38. The van der Waals surface area contributed by atoms with E-state index >= 15 is 0 Å². The maximum absolute atomic E-state index is 12.3. The maximum atomic E-state index is 12.3. The molecule has 0 bridgehead atoms. The number of rotatable bonds is 1. The maximum Gasteiger partial charge on any atom is 0.420 e.